The van der Waals surface area contributed by atoms with E-state index < -0.39 is 0 Å². The highest BCUT2D eigenvalue weighted by molar-refractivity contribution is 5.84. The number of allylic oxidation sites excluding steroid dienone is 3. The fourth-order valence-corrected chi connectivity index (χ4v) is 6.62. The minimum absolute atomic E-state index is 0.0403. The Balaban J connectivity index is 1.23. The summed E-state index contributed by atoms with van der Waals surface area (Å²) in [5.74, 6) is 3.51. The third-order valence-electron chi connectivity index (χ3n) is 8.92. The fourth-order valence-electron chi connectivity index (χ4n) is 6.62. The van der Waals surface area contributed by atoms with Crippen molar-refractivity contribution in [1.29, 1.82) is 0 Å². The molecule has 0 aromatic heterocycles. The topological polar surface area (TPSA) is 0 Å². The van der Waals surface area contributed by atoms with Crippen molar-refractivity contribution in [3.8, 4) is 0 Å². The fraction of sp³-hybridized carbons (Fsp3) is 0.576. The maximum Gasteiger partial charge on any atom is 0.134 e. The van der Waals surface area contributed by atoms with Crippen molar-refractivity contribution in [2.45, 2.75) is 103 Å². The molecule has 1 heteroatoms. The molecule has 0 radical (unpaired) electrons. The van der Waals surface area contributed by atoms with Crippen LogP contribution in [0.3, 0.4) is 0 Å². The molecule has 0 spiro atoms. The Kier molecular flexibility index (Phi) is 9.42. The number of halogens is 1. The van der Waals surface area contributed by atoms with Crippen LogP contribution in [0.4, 0.5) is 4.39 Å². The summed E-state index contributed by atoms with van der Waals surface area (Å²) in [6.45, 7) is 5.89. The first-order valence-electron chi connectivity index (χ1n) is 14.1. The van der Waals surface area contributed by atoms with Gasteiger partial charge in [0.25, 0.3) is 0 Å². The number of aryl methyl sites for hydroxylation is 1. The highest BCUT2D eigenvalue weighted by atomic mass is 19.1. The van der Waals surface area contributed by atoms with E-state index in [1.807, 2.05) is 18.2 Å². The maximum atomic E-state index is 14.9. The molecule has 0 nitrogen and oxygen atoms in total. The van der Waals surface area contributed by atoms with Gasteiger partial charge >= 0.3 is 0 Å². The van der Waals surface area contributed by atoms with Gasteiger partial charge in [-0.2, -0.15) is 0 Å². The van der Waals surface area contributed by atoms with Crippen LogP contribution in [-0.2, 0) is 6.42 Å². The molecule has 2 fully saturated rings. The van der Waals surface area contributed by atoms with Gasteiger partial charge in [0.1, 0.15) is 5.82 Å². The lowest BCUT2D eigenvalue weighted by Gasteiger charge is -2.32. The summed E-state index contributed by atoms with van der Waals surface area (Å²) in [5, 5.41) is 1.83. The van der Waals surface area contributed by atoms with Gasteiger partial charge in [-0.15, -0.1) is 6.58 Å². The lowest BCUT2D eigenvalue weighted by molar-refractivity contribution is 0.225. The molecule has 2 aliphatic rings. The Morgan fingerprint density at radius 1 is 0.824 bits per heavy atom. The zero-order valence-electron chi connectivity index (χ0n) is 21.4. The zero-order chi connectivity index (χ0) is 23.8. The first-order valence-corrected chi connectivity index (χ1v) is 14.1. The number of hydrogen-bond donors (Lipinski definition) is 0. The van der Waals surface area contributed by atoms with Crippen LogP contribution in [0, 0.1) is 23.6 Å². The maximum absolute atomic E-state index is 14.9. The molecule has 0 atom stereocenters. The van der Waals surface area contributed by atoms with E-state index in [9.17, 15) is 4.39 Å². The number of rotatable bonds is 10. The van der Waals surface area contributed by atoms with Gasteiger partial charge in [0.2, 0.25) is 0 Å². The molecule has 184 valence electrons. The standard InChI is InChI=1S/C33H45F/c1-3-5-7-8-25-10-12-26(13-11-25)14-15-27-16-18-28(19-17-27)30-22-23-32-31(24-30)21-20-29(33(32)34)9-6-4-2/h3-5,20-28H,2,6-19H2,1H3/b5-3+. The second-order valence-electron chi connectivity index (χ2n) is 11.2. The van der Waals surface area contributed by atoms with Gasteiger partial charge in [-0.3, -0.25) is 0 Å². The predicted octanol–water partition coefficient (Wildman–Crippen LogP) is 10.3. The van der Waals surface area contributed by atoms with Crippen LogP contribution < -0.4 is 0 Å². The smallest absolute Gasteiger partial charge is 0.134 e. The molecule has 2 aromatic rings. The van der Waals surface area contributed by atoms with E-state index in [1.54, 1.807) is 0 Å². The van der Waals surface area contributed by atoms with Crippen molar-refractivity contribution in [2.75, 3.05) is 0 Å². The Labute approximate surface area is 207 Å². The Morgan fingerprint density at radius 3 is 2.12 bits per heavy atom. The highest BCUT2D eigenvalue weighted by Gasteiger charge is 2.25. The number of fused-ring (bicyclic) bond motifs is 1. The quantitative estimate of drug-likeness (QED) is 0.309. The summed E-state index contributed by atoms with van der Waals surface area (Å²) >= 11 is 0. The molecule has 0 unspecified atom stereocenters. The molecule has 2 aliphatic carbocycles. The molecule has 0 aliphatic heterocycles. The molecule has 0 bridgehead atoms. The van der Waals surface area contributed by atoms with Gasteiger partial charge in [-0.1, -0.05) is 87.1 Å². The van der Waals surface area contributed by atoms with Crippen molar-refractivity contribution in [3.63, 3.8) is 0 Å². The zero-order valence-corrected chi connectivity index (χ0v) is 21.4. The molecular weight excluding hydrogens is 415 g/mol. The van der Waals surface area contributed by atoms with Gasteiger partial charge in [0.05, 0.1) is 0 Å². The Morgan fingerprint density at radius 2 is 1.47 bits per heavy atom. The lowest BCUT2D eigenvalue weighted by Crippen LogP contribution is -2.17. The third kappa shape index (κ3) is 6.61. The van der Waals surface area contributed by atoms with Crippen LogP contribution in [0.5, 0.6) is 0 Å². The van der Waals surface area contributed by atoms with E-state index >= 15 is 0 Å². The molecule has 34 heavy (non-hydrogen) atoms. The van der Waals surface area contributed by atoms with E-state index in [4.69, 9.17) is 0 Å². The molecule has 2 saturated carbocycles. The molecule has 0 heterocycles. The summed E-state index contributed by atoms with van der Waals surface area (Å²) < 4.78 is 14.9. The van der Waals surface area contributed by atoms with Gasteiger partial charge < -0.3 is 0 Å². The average molecular weight is 461 g/mol. The van der Waals surface area contributed by atoms with Crippen LogP contribution in [0.25, 0.3) is 10.8 Å². The van der Waals surface area contributed by atoms with Gasteiger partial charge in [0, 0.05) is 5.39 Å². The van der Waals surface area contributed by atoms with Crippen molar-refractivity contribution >= 4 is 10.8 Å². The normalized spacial score (nSPS) is 25.7. The van der Waals surface area contributed by atoms with Gasteiger partial charge in [-0.05, 0) is 98.5 Å². The van der Waals surface area contributed by atoms with Gasteiger partial charge in [0.15, 0.2) is 0 Å². The van der Waals surface area contributed by atoms with Crippen LogP contribution in [-0.4, -0.2) is 0 Å². The molecule has 0 N–H and O–H groups in total. The number of hydrogen-bond acceptors (Lipinski definition) is 0. The summed E-state index contributed by atoms with van der Waals surface area (Å²) in [6, 6.07) is 10.6. The molecule has 2 aromatic carbocycles. The van der Waals surface area contributed by atoms with E-state index in [0.29, 0.717) is 5.92 Å². The van der Waals surface area contributed by atoms with Crippen LogP contribution in [0.2, 0.25) is 0 Å². The SMILES string of the molecule is C=CCCc1ccc2cc(C3CCC(CCC4CCC(CC/C=C/C)CC4)CC3)ccc2c1F. The van der Waals surface area contributed by atoms with E-state index in [1.165, 1.54) is 82.6 Å². The molecule has 0 saturated heterocycles. The Bertz CT molecular complexity index is 938. The van der Waals surface area contributed by atoms with Crippen LogP contribution in [0.1, 0.15) is 107 Å². The Hall–Kier alpha value is -1.89. The van der Waals surface area contributed by atoms with Crippen molar-refractivity contribution in [1.82, 2.24) is 0 Å². The van der Waals surface area contributed by atoms with E-state index in [-0.39, 0.29) is 5.82 Å². The predicted molar refractivity (Wildman–Crippen MR) is 146 cm³/mol. The summed E-state index contributed by atoms with van der Waals surface area (Å²) in [4.78, 5) is 0. The minimum atomic E-state index is -0.0403. The summed E-state index contributed by atoms with van der Waals surface area (Å²) in [7, 11) is 0. The molecule has 0 amide bonds. The molecule has 4 rings (SSSR count). The molecular formula is C33H45F. The van der Waals surface area contributed by atoms with E-state index in [0.717, 1.165) is 46.9 Å². The van der Waals surface area contributed by atoms with Crippen molar-refractivity contribution in [3.05, 3.63) is 72.1 Å². The largest absolute Gasteiger partial charge is 0.206 e. The first-order chi connectivity index (χ1) is 16.7. The second-order valence-corrected chi connectivity index (χ2v) is 11.2. The summed E-state index contributed by atoms with van der Waals surface area (Å²) in [6.07, 6.45) is 24.7. The van der Waals surface area contributed by atoms with Crippen molar-refractivity contribution < 1.29 is 4.39 Å². The average Bonchev–Trinajstić information content (AvgIpc) is 2.88. The first kappa shape index (κ1) is 25.2. The number of benzene rings is 2. The van der Waals surface area contributed by atoms with Crippen LogP contribution >= 0.6 is 0 Å². The second kappa shape index (κ2) is 12.7. The van der Waals surface area contributed by atoms with E-state index in [2.05, 4.69) is 43.9 Å². The summed E-state index contributed by atoms with van der Waals surface area (Å²) in [5.41, 5.74) is 2.23. The van der Waals surface area contributed by atoms with Crippen LogP contribution in [0.15, 0.2) is 55.1 Å². The monoisotopic (exact) mass is 460 g/mol. The van der Waals surface area contributed by atoms with Gasteiger partial charge in [-0.25, -0.2) is 4.39 Å². The highest BCUT2D eigenvalue weighted by Crippen LogP contribution is 2.41. The van der Waals surface area contributed by atoms with Crippen molar-refractivity contribution in [2.24, 2.45) is 17.8 Å². The lowest BCUT2D eigenvalue weighted by atomic mass is 9.74. The minimum Gasteiger partial charge on any atom is -0.206 e. The third-order valence-corrected chi connectivity index (χ3v) is 8.92.